The van der Waals surface area contributed by atoms with Gasteiger partial charge in [0.05, 0.1) is 31.8 Å². The maximum absolute atomic E-state index is 12.7. The number of esters is 2. The second kappa shape index (κ2) is 16.2. The zero-order chi connectivity index (χ0) is 41.3. The van der Waals surface area contributed by atoms with Crippen LogP contribution in [0.3, 0.4) is 0 Å². The Balaban J connectivity index is 1.25. The molecule has 4 N–H and O–H groups in total. The number of hydrogen-bond donors (Lipinski definition) is 4. The molecule has 0 atom stereocenters. The van der Waals surface area contributed by atoms with Crippen molar-refractivity contribution in [3.05, 3.63) is 57.7 Å². The van der Waals surface area contributed by atoms with Crippen molar-refractivity contribution in [2.45, 2.75) is 106 Å². The Labute approximate surface area is 325 Å². The van der Waals surface area contributed by atoms with Crippen LogP contribution in [0.2, 0.25) is 0 Å². The van der Waals surface area contributed by atoms with Crippen LogP contribution in [0.1, 0.15) is 103 Å². The molecular formula is C43H60O12. The van der Waals surface area contributed by atoms with E-state index in [-0.39, 0.29) is 62.6 Å². The largest absolute Gasteiger partial charge is 0.507 e. The molecule has 2 fully saturated rings. The Morgan fingerprint density at radius 3 is 1.22 bits per heavy atom. The van der Waals surface area contributed by atoms with Crippen LogP contribution in [0.25, 0.3) is 12.2 Å². The van der Waals surface area contributed by atoms with Gasteiger partial charge in [-0.2, -0.15) is 0 Å². The average molecular weight is 769 g/mol. The van der Waals surface area contributed by atoms with Crippen molar-refractivity contribution in [3.8, 4) is 23.0 Å². The van der Waals surface area contributed by atoms with E-state index in [2.05, 4.69) is 0 Å². The second-order valence-corrected chi connectivity index (χ2v) is 18.5. The van der Waals surface area contributed by atoms with E-state index in [1.807, 2.05) is 69.2 Å². The van der Waals surface area contributed by atoms with E-state index in [9.17, 15) is 30.0 Å². The van der Waals surface area contributed by atoms with E-state index < -0.39 is 51.6 Å². The Morgan fingerprint density at radius 2 is 0.927 bits per heavy atom. The molecular weight excluding hydrogens is 708 g/mol. The molecule has 2 saturated heterocycles. The summed E-state index contributed by atoms with van der Waals surface area (Å²) in [7, 11) is 0. The maximum Gasteiger partial charge on any atom is 0.330 e. The summed E-state index contributed by atoms with van der Waals surface area (Å²) in [5.41, 5.74) is -0.208. The summed E-state index contributed by atoms with van der Waals surface area (Å²) >= 11 is 0. The average Bonchev–Trinajstić information content (AvgIpc) is 3.08. The Morgan fingerprint density at radius 1 is 0.618 bits per heavy atom. The van der Waals surface area contributed by atoms with Crippen molar-refractivity contribution in [1.82, 2.24) is 0 Å². The molecule has 1 spiro atoms. The van der Waals surface area contributed by atoms with Gasteiger partial charge in [0.15, 0.2) is 12.6 Å². The van der Waals surface area contributed by atoms with E-state index in [1.54, 1.807) is 26.0 Å². The van der Waals surface area contributed by atoms with E-state index >= 15 is 0 Å². The fourth-order valence-electron chi connectivity index (χ4n) is 6.64. The number of ether oxygens (including phenoxy) is 6. The molecule has 4 rings (SSSR count). The maximum atomic E-state index is 12.7. The molecule has 2 heterocycles. The molecule has 304 valence electrons. The second-order valence-electron chi connectivity index (χ2n) is 18.5. The standard InChI is InChI=1S/C43H60O12/c1-25-17-27(35(48)31(33(25)46)39(3,4)5)13-15-29(44)50-19-41(9,10)37-52-21-43(22-53-37)23-54-38(55-24-43)42(11,12)20-51-30(45)16-14-28-18-26(2)34(47)32(36(28)49)40(6,7)8/h13-18,37-38,46-49H,19-24H2,1-12H3. The van der Waals surface area contributed by atoms with Crippen molar-refractivity contribution in [2.24, 2.45) is 16.2 Å². The molecule has 0 unspecified atom stereocenters. The smallest absolute Gasteiger partial charge is 0.330 e. The first kappa shape index (κ1) is 43.6. The molecule has 2 aliphatic heterocycles. The van der Waals surface area contributed by atoms with Gasteiger partial charge in [0.1, 0.15) is 36.2 Å². The summed E-state index contributed by atoms with van der Waals surface area (Å²) in [6.45, 7) is 23.4. The van der Waals surface area contributed by atoms with Gasteiger partial charge in [-0.3, -0.25) is 0 Å². The fourth-order valence-corrected chi connectivity index (χ4v) is 6.64. The molecule has 2 aromatic rings. The van der Waals surface area contributed by atoms with Crippen LogP contribution in [0.5, 0.6) is 23.0 Å². The fraction of sp³-hybridized carbons (Fsp3) is 0.581. The molecule has 55 heavy (non-hydrogen) atoms. The first-order valence-corrected chi connectivity index (χ1v) is 18.6. The van der Waals surface area contributed by atoms with Crippen molar-refractivity contribution in [1.29, 1.82) is 0 Å². The van der Waals surface area contributed by atoms with Crippen molar-refractivity contribution in [2.75, 3.05) is 39.6 Å². The van der Waals surface area contributed by atoms with Crippen LogP contribution in [0.15, 0.2) is 24.3 Å². The monoisotopic (exact) mass is 768 g/mol. The highest BCUT2D eigenvalue weighted by Gasteiger charge is 2.48. The van der Waals surface area contributed by atoms with Crippen LogP contribution >= 0.6 is 0 Å². The normalized spacial score (nSPS) is 21.4. The van der Waals surface area contributed by atoms with Crippen molar-refractivity contribution >= 4 is 24.1 Å². The molecule has 0 saturated carbocycles. The molecule has 0 amide bonds. The summed E-state index contributed by atoms with van der Waals surface area (Å²) < 4.78 is 35.6. The van der Waals surface area contributed by atoms with Gasteiger partial charge >= 0.3 is 11.9 Å². The minimum Gasteiger partial charge on any atom is -0.507 e. The topological polar surface area (TPSA) is 170 Å². The van der Waals surface area contributed by atoms with Gasteiger partial charge in [0, 0.05) is 45.2 Å². The highest BCUT2D eigenvalue weighted by molar-refractivity contribution is 5.88. The molecule has 0 bridgehead atoms. The first-order chi connectivity index (χ1) is 25.3. The van der Waals surface area contributed by atoms with Gasteiger partial charge in [0.2, 0.25) is 0 Å². The SMILES string of the molecule is Cc1cc(C=CC(=O)OCC(C)(C)C2OCC3(CO2)COC(C(C)(C)COC(=O)C=Cc2cc(C)c(O)c(C(C)(C)C)c2O)OC3)c(O)c(C(C)(C)C)c1O. The summed E-state index contributed by atoms with van der Waals surface area (Å²) in [4.78, 5) is 25.4. The Bertz CT molecular complexity index is 1650. The summed E-state index contributed by atoms with van der Waals surface area (Å²) in [5, 5.41) is 42.7. The zero-order valence-corrected chi connectivity index (χ0v) is 34.4. The number of phenols is 4. The van der Waals surface area contributed by atoms with E-state index in [0.29, 0.717) is 33.4 Å². The molecule has 12 heteroatoms. The predicted molar refractivity (Wildman–Crippen MR) is 208 cm³/mol. The highest BCUT2D eigenvalue weighted by Crippen LogP contribution is 2.44. The van der Waals surface area contributed by atoms with Crippen LogP contribution in [0.4, 0.5) is 0 Å². The third-order valence-corrected chi connectivity index (χ3v) is 9.90. The lowest BCUT2D eigenvalue weighted by molar-refractivity contribution is -0.337. The van der Waals surface area contributed by atoms with Gasteiger partial charge in [-0.05, 0) is 60.1 Å². The first-order valence-electron chi connectivity index (χ1n) is 18.6. The lowest BCUT2D eigenvalue weighted by Crippen LogP contribution is -2.57. The molecule has 0 aromatic heterocycles. The number of aromatic hydroxyl groups is 4. The summed E-state index contributed by atoms with van der Waals surface area (Å²) in [6.07, 6.45) is 4.09. The van der Waals surface area contributed by atoms with Crippen LogP contribution in [-0.4, -0.2) is 84.6 Å². The molecule has 0 aliphatic carbocycles. The lowest BCUT2D eigenvalue weighted by atomic mass is 9.83. The lowest BCUT2D eigenvalue weighted by Gasteiger charge is -2.48. The minimum absolute atomic E-state index is 0.00649. The van der Waals surface area contributed by atoms with Gasteiger partial charge in [0.25, 0.3) is 0 Å². The number of carbonyl (C=O) groups is 2. The quantitative estimate of drug-likeness (QED) is 0.141. The van der Waals surface area contributed by atoms with E-state index in [1.165, 1.54) is 24.3 Å². The Kier molecular flexibility index (Phi) is 12.8. The highest BCUT2D eigenvalue weighted by atomic mass is 16.7. The number of benzene rings is 2. The van der Waals surface area contributed by atoms with Gasteiger partial charge in [-0.1, -0.05) is 69.2 Å². The van der Waals surface area contributed by atoms with Crippen LogP contribution in [0, 0.1) is 30.1 Å². The van der Waals surface area contributed by atoms with Crippen LogP contribution in [-0.2, 0) is 48.8 Å². The number of aryl methyl sites for hydroxylation is 2. The number of carbonyl (C=O) groups excluding carboxylic acids is 2. The Hall–Kier alpha value is -4.10. The van der Waals surface area contributed by atoms with Gasteiger partial charge in [-0.25, -0.2) is 9.59 Å². The number of rotatable bonds is 10. The predicted octanol–water partition coefficient (Wildman–Crippen LogP) is 7.32. The van der Waals surface area contributed by atoms with Gasteiger partial charge < -0.3 is 48.8 Å². The number of hydrogen-bond acceptors (Lipinski definition) is 12. The summed E-state index contributed by atoms with van der Waals surface area (Å²) in [6, 6.07) is 3.22. The van der Waals surface area contributed by atoms with Crippen molar-refractivity contribution in [3.63, 3.8) is 0 Å². The number of phenolic OH excluding ortho intramolecular Hbond substituents is 4. The van der Waals surface area contributed by atoms with Crippen molar-refractivity contribution < 1.29 is 58.4 Å². The zero-order valence-electron chi connectivity index (χ0n) is 34.4. The van der Waals surface area contributed by atoms with E-state index in [4.69, 9.17) is 28.4 Å². The third-order valence-electron chi connectivity index (χ3n) is 9.90. The van der Waals surface area contributed by atoms with E-state index in [0.717, 1.165) is 0 Å². The van der Waals surface area contributed by atoms with Gasteiger partial charge in [-0.15, -0.1) is 0 Å². The molecule has 0 radical (unpaired) electrons. The molecule has 2 aliphatic rings. The molecule has 2 aromatic carbocycles. The minimum atomic E-state index is -0.699. The van der Waals surface area contributed by atoms with Crippen LogP contribution < -0.4 is 0 Å². The third kappa shape index (κ3) is 10.2. The molecule has 12 nitrogen and oxygen atoms in total. The summed E-state index contributed by atoms with van der Waals surface area (Å²) in [5.74, 6) is -1.33.